The van der Waals surface area contributed by atoms with Gasteiger partial charge in [-0.1, -0.05) is 50.2 Å². The highest BCUT2D eigenvalue weighted by molar-refractivity contribution is 5.35. The number of rotatable bonds is 6. The highest BCUT2D eigenvalue weighted by Gasteiger charge is 2.19. The van der Waals surface area contributed by atoms with Crippen molar-refractivity contribution < 1.29 is 0 Å². The zero-order chi connectivity index (χ0) is 18.7. The fraction of sp³-hybridized carbons (Fsp3) is 0.556. The van der Waals surface area contributed by atoms with Crippen LogP contribution >= 0.6 is 0 Å². The third kappa shape index (κ3) is 4.84. The summed E-state index contributed by atoms with van der Waals surface area (Å²) in [6, 6.07) is 14.6. The lowest BCUT2D eigenvalue weighted by Gasteiger charge is -2.26. The van der Waals surface area contributed by atoms with Gasteiger partial charge in [-0.3, -0.25) is 0 Å². The van der Waals surface area contributed by atoms with Gasteiger partial charge in [0, 0.05) is 0 Å². The summed E-state index contributed by atoms with van der Waals surface area (Å²) in [7, 11) is 0. The summed E-state index contributed by atoms with van der Waals surface area (Å²) in [5.74, 6) is 0. The molecule has 0 nitrogen and oxygen atoms in total. The van der Waals surface area contributed by atoms with Gasteiger partial charge in [-0.15, -0.1) is 0 Å². The smallest absolute Gasteiger partial charge is 0.0274 e. The molecule has 2 aliphatic carbocycles. The molecule has 0 fully saturated rings. The van der Waals surface area contributed by atoms with Crippen LogP contribution in [0.1, 0.15) is 85.8 Å². The van der Waals surface area contributed by atoms with Crippen LogP contribution < -0.4 is 0 Å². The van der Waals surface area contributed by atoms with E-state index in [1.807, 2.05) is 0 Å². The summed E-state index contributed by atoms with van der Waals surface area (Å²) in [6.07, 6.45) is 15.7. The fourth-order valence-electron chi connectivity index (χ4n) is 4.98. The van der Waals surface area contributed by atoms with E-state index >= 15 is 0 Å². The molecule has 0 bridgehead atoms. The molecular weight excluding hydrogens is 324 g/mol. The Balaban J connectivity index is 1.32. The zero-order valence-corrected chi connectivity index (χ0v) is 17.4. The Kier molecular flexibility index (Phi) is 5.71. The Labute approximate surface area is 166 Å². The Morgan fingerprint density at radius 1 is 0.593 bits per heavy atom. The predicted molar refractivity (Wildman–Crippen MR) is 117 cm³/mol. The molecule has 0 radical (unpaired) electrons. The van der Waals surface area contributed by atoms with Crippen LogP contribution in [0.15, 0.2) is 36.4 Å². The van der Waals surface area contributed by atoms with Gasteiger partial charge in [0.25, 0.3) is 0 Å². The van der Waals surface area contributed by atoms with Crippen molar-refractivity contribution in [3.63, 3.8) is 0 Å². The molecule has 0 atom stereocenters. The SMILES string of the molecule is CC(C)(CCc1ccc2c(c1)CCCC2)CCc1ccc2c(c1)CCCC2. The Morgan fingerprint density at radius 2 is 1.00 bits per heavy atom. The first kappa shape index (κ1) is 18.8. The number of hydrogen-bond donors (Lipinski definition) is 0. The van der Waals surface area contributed by atoms with Gasteiger partial charge in [-0.2, -0.15) is 0 Å². The first-order chi connectivity index (χ1) is 13.1. The van der Waals surface area contributed by atoms with E-state index in [-0.39, 0.29) is 0 Å². The van der Waals surface area contributed by atoms with Crippen molar-refractivity contribution in [2.45, 2.75) is 90.9 Å². The van der Waals surface area contributed by atoms with Crippen molar-refractivity contribution in [2.75, 3.05) is 0 Å². The standard InChI is InChI=1S/C27H36/c1-27(2,17-15-21-11-13-23-7-3-5-9-25(23)19-21)18-16-22-12-14-24-8-4-6-10-26(24)20-22/h11-14,19-20H,3-10,15-18H2,1-2H3. The van der Waals surface area contributed by atoms with Crippen molar-refractivity contribution in [3.05, 3.63) is 69.8 Å². The molecule has 0 amide bonds. The first-order valence-electron chi connectivity index (χ1n) is 11.3. The summed E-state index contributed by atoms with van der Waals surface area (Å²) >= 11 is 0. The van der Waals surface area contributed by atoms with E-state index in [0.717, 1.165) is 0 Å². The summed E-state index contributed by atoms with van der Waals surface area (Å²) in [6.45, 7) is 4.92. The highest BCUT2D eigenvalue weighted by Crippen LogP contribution is 2.31. The number of benzene rings is 2. The van der Waals surface area contributed by atoms with Crippen molar-refractivity contribution in [2.24, 2.45) is 5.41 Å². The molecular formula is C27H36. The molecule has 0 aliphatic heterocycles. The minimum Gasteiger partial charge on any atom is -0.0599 e. The monoisotopic (exact) mass is 360 g/mol. The maximum Gasteiger partial charge on any atom is -0.0274 e. The van der Waals surface area contributed by atoms with E-state index in [9.17, 15) is 0 Å². The molecule has 0 saturated carbocycles. The molecule has 2 aliphatic rings. The number of hydrogen-bond acceptors (Lipinski definition) is 0. The molecule has 0 N–H and O–H groups in total. The second-order valence-electron chi connectivity index (χ2n) is 9.78. The maximum atomic E-state index is 2.51. The van der Waals surface area contributed by atoms with Gasteiger partial charge in [0.2, 0.25) is 0 Å². The first-order valence-corrected chi connectivity index (χ1v) is 11.3. The third-order valence-electron chi connectivity index (χ3n) is 7.01. The van der Waals surface area contributed by atoms with Gasteiger partial charge in [0.05, 0.1) is 0 Å². The van der Waals surface area contributed by atoms with Crippen molar-refractivity contribution >= 4 is 0 Å². The van der Waals surface area contributed by atoms with Gasteiger partial charge < -0.3 is 0 Å². The van der Waals surface area contributed by atoms with Gasteiger partial charge in [-0.25, -0.2) is 0 Å². The van der Waals surface area contributed by atoms with Crippen LogP contribution in [0.4, 0.5) is 0 Å². The third-order valence-corrected chi connectivity index (χ3v) is 7.01. The van der Waals surface area contributed by atoms with E-state index in [1.54, 1.807) is 33.4 Å². The summed E-state index contributed by atoms with van der Waals surface area (Å²) in [5, 5.41) is 0. The van der Waals surface area contributed by atoms with E-state index in [1.165, 1.54) is 77.0 Å². The van der Waals surface area contributed by atoms with Crippen LogP contribution in [0.2, 0.25) is 0 Å². The summed E-state index contributed by atoms with van der Waals surface area (Å²) in [5.41, 5.74) is 9.99. The number of fused-ring (bicyclic) bond motifs is 2. The lowest BCUT2D eigenvalue weighted by atomic mass is 9.80. The number of aryl methyl sites for hydroxylation is 6. The van der Waals surface area contributed by atoms with Crippen LogP contribution in [-0.4, -0.2) is 0 Å². The van der Waals surface area contributed by atoms with E-state index in [2.05, 4.69) is 50.2 Å². The lowest BCUT2D eigenvalue weighted by Crippen LogP contribution is -2.14. The summed E-state index contributed by atoms with van der Waals surface area (Å²) < 4.78 is 0. The molecule has 2 aromatic rings. The zero-order valence-electron chi connectivity index (χ0n) is 17.4. The maximum absolute atomic E-state index is 2.51. The van der Waals surface area contributed by atoms with Gasteiger partial charge in [0.1, 0.15) is 0 Å². The second-order valence-corrected chi connectivity index (χ2v) is 9.78. The van der Waals surface area contributed by atoms with Gasteiger partial charge in [0.15, 0.2) is 0 Å². The molecule has 27 heavy (non-hydrogen) atoms. The van der Waals surface area contributed by atoms with Crippen LogP contribution in [-0.2, 0) is 38.5 Å². The van der Waals surface area contributed by atoms with Crippen molar-refractivity contribution in [1.82, 2.24) is 0 Å². The minimum atomic E-state index is 0.409. The average Bonchev–Trinajstić information content (AvgIpc) is 2.70. The van der Waals surface area contributed by atoms with E-state index < -0.39 is 0 Å². The van der Waals surface area contributed by atoms with Crippen LogP contribution in [0, 0.1) is 5.41 Å². The normalized spacial score (nSPS) is 16.7. The minimum absolute atomic E-state index is 0.409. The molecule has 0 aromatic heterocycles. The summed E-state index contributed by atoms with van der Waals surface area (Å²) in [4.78, 5) is 0. The lowest BCUT2D eigenvalue weighted by molar-refractivity contribution is 0.308. The predicted octanol–water partition coefficient (Wildman–Crippen LogP) is 7.04. The molecule has 0 unspecified atom stereocenters. The molecule has 0 heteroatoms. The van der Waals surface area contributed by atoms with Crippen molar-refractivity contribution in [1.29, 1.82) is 0 Å². The van der Waals surface area contributed by atoms with E-state index in [4.69, 9.17) is 0 Å². The molecule has 0 heterocycles. The molecule has 0 saturated heterocycles. The Hall–Kier alpha value is -1.56. The molecule has 2 aromatic carbocycles. The molecule has 144 valence electrons. The molecule has 0 spiro atoms. The fourth-order valence-corrected chi connectivity index (χ4v) is 4.98. The van der Waals surface area contributed by atoms with Gasteiger partial charge >= 0.3 is 0 Å². The molecule has 4 rings (SSSR count). The Morgan fingerprint density at radius 3 is 1.44 bits per heavy atom. The largest absolute Gasteiger partial charge is 0.0599 e. The van der Waals surface area contributed by atoms with Gasteiger partial charge in [-0.05, 0) is 116 Å². The van der Waals surface area contributed by atoms with Crippen LogP contribution in [0.5, 0.6) is 0 Å². The average molecular weight is 361 g/mol. The van der Waals surface area contributed by atoms with E-state index in [0.29, 0.717) is 5.41 Å². The van der Waals surface area contributed by atoms with Crippen LogP contribution in [0.3, 0.4) is 0 Å². The van der Waals surface area contributed by atoms with Crippen LogP contribution in [0.25, 0.3) is 0 Å². The Bertz CT molecular complexity index is 715. The second kappa shape index (κ2) is 8.21. The van der Waals surface area contributed by atoms with Crippen molar-refractivity contribution in [3.8, 4) is 0 Å². The highest BCUT2D eigenvalue weighted by atomic mass is 14.2. The quantitative estimate of drug-likeness (QED) is 0.518. The topological polar surface area (TPSA) is 0 Å².